The highest BCUT2D eigenvalue weighted by Crippen LogP contribution is 2.37. The number of hydrogen-bond acceptors (Lipinski definition) is 5. The molecule has 1 aromatic heterocycles. The zero-order valence-electron chi connectivity index (χ0n) is 10.9. The van der Waals surface area contributed by atoms with Crippen molar-refractivity contribution in [1.29, 1.82) is 0 Å². The van der Waals surface area contributed by atoms with E-state index in [0.29, 0.717) is 0 Å². The molecule has 2 aliphatic rings. The average molecular weight is 277 g/mol. The molecule has 3 amide bonds. The highest BCUT2D eigenvalue weighted by molar-refractivity contribution is 6.08. The van der Waals surface area contributed by atoms with Gasteiger partial charge in [-0.15, -0.1) is 10.2 Å². The molecule has 1 saturated carbocycles. The Morgan fingerprint density at radius 2 is 1.70 bits per heavy atom. The quantitative estimate of drug-likeness (QED) is 0.753. The lowest BCUT2D eigenvalue weighted by molar-refractivity contribution is -0.142. The van der Waals surface area contributed by atoms with Gasteiger partial charge in [-0.3, -0.25) is 24.7 Å². The Hall–Kier alpha value is -2.25. The summed E-state index contributed by atoms with van der Waals surface area (Å²) < 4.78 is 1.28. The number of nitrogens with zero attached hydrogens (tertiary/aromatic N) is 4. The van der Waals surface area contributed by atoms with Gasteiger partial charge in [-0.1, -0.05) is 12.8 Å². The predicted molar refractivity (Wildman–Crippen MR) is 66.6 cm³/mol. The topological polar surface area (TPSA) is 97.2 Å². The van der Waals surface area contributed by atoms with E-state index in [0.717, 1.165) is 30.6 Å². The van der Waals surface area contributed by atoms with Crippen molar-refractivity contribution >= 4 is 17.7 Å². The third-order valence-electron chi connectivity index (χ3n) is 3.91. The Kier molecular flexibility index (Phi) is 3.21. The van der Waals surface area contributed by atoms with Gasteiger partial charge in [-0.2, -0.15) is 0 Å². The van der Waals surface area contributed by atoms with E-state index in [-0.39, 0.29) is 30.2 Å². The molecule has 2 fully saturated rings. The summed E-state index contributed by atoms with van der Waals surface area (Å²) >= 11 is 0. The van der Waals surface area contributed by atoms with Crippen molar-refractivity contribution in [2.24, 2.45) is 11.8 Å². The number of imide groups is 1. The summed E-state index contributed by atoms with van der Waals surface area (Å²) in [5.74, 6) is -1.31. The van der Waals surface area contributed by atoms with Crippen LogP contribution >= 0.6 is 0 Å². The molecule has 1 aliphatic heterocycles. The standard InChI is InChI=1S/C12H15N5O3/c18-10(15-16-6-13-14-7-16)5-17-11(19)8-3-1-2-4-9(8)12(17)20/h6-9H,1-5H2,(H,15,18)/t8-,9+. The highest BCUT2D eigenvalue weighted by atomic mass is 16.2. The van der Waals surface area contributed by atoms with Gasteiger partial charge in [0.1, 0.15) is 19.2 Å². The van der Waals surface area contributed by atoms with E-state index < -0.39 is 5.91 Å². The Bertz CT molecular complexity index is 517. The zero-order chi connectivity index (χ0) is 14.1. The van der Waals surface area contributed by atoms with Crippen LogP contribution < -0.4 is 5.43 Å². The first kappa shape index (κ1) is 12.8. The molecule has 1 aromatic rings. The van der Waals surface area contributed by atoms with Gasteiger partial charge in [-0.25, -0.2) is 4.68 Å². The second-order valence-corrected chi connectivity index (χ2v) is 5.16. The maximum Gasteiger partial charge on any atom is 0.259 e. The van der Waals surface area contributed by atoms with Crippen molar-refractivity contribution in [2.75, 3.05) is 12.0 Å². The Balaban J connectivity index is 1.66. The van der Waals surface area contributed by atoms with Crippen molar-refractivity contribution in [2.45, 2.75) is 25.7 Å². The lowest BCUT2D eigenvalue weighted by Crippen LogP contribution is -2.40. The summed E-state index contributed by atoms with van der Waals surface area (Å²) in [5.41, 5.74) is 2.48. The van der Waals surface area contributed by atoms with Gasteiger partial charge in [0.15, 0.2) is 0 Å². The minimum atomic E-state index is -0.440. The molecule has 0 spiro atoms. The maximum atomic E-state index is 12.2. The SMILES string of the molecule is O=C(CN1C(=O)[C@H]2CCCC[C@H]2C1=O)Nn1cnnc1. The van der Waals surface area contributed by atoms with E-state index in [9.17, 15) is 14.4 Å². The van der Waals surface area contributed by atoms with Crippen molar-refractivity contribution in [1.82, 2.24) is 19.8 Å². The molecule has 20 heavy (non-hydrogen) atoms. The van der Waals surface area contributed by atoms with E-state index >= 15 is 0 Å². The summed E-state index contributed by atoms with van der Waals surface area (Å²) in [7, 11) is 0. The molecular weight excluding hydrogens is 262 g/mol. The minimum Gasteiger partial charge on any atom is -0.274 e. The van der Waals surface area contributed by atoms with Crippen LogP contribution in [0.5, 0.6) is 0 Å². The van der Waals surface area contributed by atoms with Crippen LogP contribution in [0.2, 0.25) is 0 Å². The summed E-state index contributed by atoms with van der Waals surface area (Å²) in [5, 5.41) is 7.09. The Morgan fingerprint density at radius 3 is 2.25 bits per heavy atom. The number of rotatable bonds is 3. The normalized spacial score (nSPS) is 25.7. The van der Waals surface area contributed by atoms with Crippen molar-refractivity contribution in [3.63, 3.8) is 0 Å². The van der Waals surface area contributed by atoms with Crippen molar-refractivity contribution in [3.8, 4) is 0 Å². The van der Waals surface area contributed by atoms with Crippen molar-refractivity contribution < 1.29 is 14.4 Å². The highest BCUT2D eigenvalue weighted by Gasteiger charge is 2.48. The molecule has 106 valence electrons. The van der Waals surface area contributed by atoms with Crippen LogP contribution in [0.4, 0.5) is 0 Å². The molecule has 1 aliphatic carbocycles. The number of carbonyl (C=O) groups is 3. The van der Waals surface area contributed by atoms with E-state index in [4.69, 9.17) is 0 Å². The van der Waals surface area contributed by atoms with Crippen LogP contribution in [0.25, 0.3) is 0 Å². The number of carbonyl (C=O) groups excluding carboxylic acids is 3. The smallest absolute Gasteiger partial charge is 0.259 e. The second kappa shape index (κ2) is 5.03. The molecule has 0 unspecified atom stereocenters. The van der Waals surface area contributed by atoms with Gasteiger partial charge >= 0.3 is 0 Å². The van der Waals surface area contributed by atoms with E-state index in [1.807, 2.05) is 0 Å². The van der Waals surface area contributed by atoms with Gasteiger partial charge in [0, 0.05) is 0 Å². The predicted octanol–water partition coefficient (Wildman–Crippen LogP) is -0.477. The fraction of sp³-hybridized carbons (Fsp3) is 0.583. The van der Waals surface area contributed by atoms with Gasteiger partial charge in [0.25, 0.3) is 5.91 Å². The molecule has 8 nitrogen and oxygen atoms in total. The molecule has 0 bridgehead atoms. The van der Waals surface area contributed by atoms with Gasteiger partial charge < -0.3 is 0 Å². The molecule has 2 atom stereocenters. The number of aromatic nitrogens is 3. The summed E-state index contributed by atoms with van der Waals surface area (Å²) in [6.07, 6.45) is 6.09. The van der Waals surface area contributed by atoms with Crippen LogP contribution in [0.15, 0.2) is 12.7 Å². The number of likely N-dealkylation sites (tertiary alicyclic amines) is 1. The molecule has 1 N–H and O–H groups in total. The fourth-order valence-electron chi connectivity index (χ4n) is 2.97. The monoisotopic (exact) mass is 277 g/mol. The zero-order valence-corrected chi connectivity index (χ0v) is 10.9. The van der Waals surface area contributed by atoms with Crippen LogP contribution in [-0.4, -0.2) is 44.0 Å². The van der Waals surface area contributed by atoms with Crippen LogP contribution in [-0.2, 0) is 14.4 Å². The van der Waals surface area contributed by atoms with Crippen LogP contribution in [0.1, 0.15) is 25.7 Å². The minimum absolute atomic E-state index is 0.210. The molecule has 8 heteroatoms. The largest absolute Gasteiger partial charge is 0.274 e. The third-order valence-corrected chi connectivity index (χ3v) is 3.91. The van der Waals surface area contributed by atoms with E-state index in [1.165, 1.54) is 17.3 Å². The summed E-state index contributed by atoms with van der Waals surface area (Å²) in [6.45, 7) is -0.247. The van der Waals surface area contributed by atoms with Crippen LogP contribution in [0, 0.1) is 11.8 Å². The van der Waals surface area contributed by atoms with Crippen LogP contribution in [0.3, 0.4) is 0 Å². The first-order chi connectivity index (χ1) is 9.66. The molecule has 0 aromatic carbocycles. The lowest BCUT2D eigenvalue weighted by Gasteiger charge is -2.19. The molecule has 3 rings (SSSR count). The first-order valence-electron chi connectivity index (χ1n) is 6.66. The number of amides is 3. The van der Waals surface area contributed by atoms with Gasteiger partial charge in [-0.05, 0) is 12.8 Å². The maximum absolute atomic E-state index is 12.2. The first-order valence-corrected chi connectivity index (χ1v) is 6.66. The Labute approximate surface area is 115 Å². The fourth-order valence-corrected chi connectivity index (χ4v) is 2.97. The second-order valence-electron chi connectivity index (χ2n) is 5.16. The summed E-state index contributed by atoms with van der Waals surface area (Å²) in [4.78, 5) is 37.3. The number of fused-ring (bicyclic) bond motifs is 1. The number of nitrogens with one attached hydrogen (secondary N) is 1. The lowest BCUT2D eigenvalue weighted by atomic mass is 9.81. The van der Waals surface area contributed by atoms with Gasteiger partial charge in [0.2, 0.25) is 11.8 Å². The van der Waals surface area contributed by atoms with E-state index in [2.05, 4.69) is 15.6 Å². The molecular formula is C12H15N5O3. The third kappa shape index (κ3) is 2.17. The van der Waals surface area contributed by atoms with Gasteiger partial charge in [0.05, 0.1) is 11.8 Å². The average Bonchev–Trinajstić information content (AvgIpc) is 3.03. The molecule has 1 saturated heterocycles. The van der Waals surface area contributed by atoms with E-state index in [1.54, 1.807) is 0 Å². The number of hydrogen-bond donors (Lipinski definition) is 1. The Morgan fingerprint density at radius 1 is 1.15 bits per heavy atom. The molecule has 0 radical (unpaired) electrons. The van der Waals surface area contributed by atoms with Crippen molar-refractivity contribution in [3.05, 3.63) is 12.7 Å². The molecule has 2 heterocycles. The summed E-state index contributed by atoms with van der Waals surface area (Å²) in [6, 6.07) is 0.